The normalized spacial score (nSPS) is 11.4. The number of H-pyrrole nitrogens is 1. The minimum atomic E-state index is -0.233. The molecule has 0 aliphatic carbocycles. The highest BCUT2D eigenvalue weighted by Gasteiger charge is 2.09. The zero-order valence-corrected chi connectivity index (χ0v) is 9.40. The van der Waals surface area contributed by atoms with Gasteiger partial charge in [0, 0.05) is 6.54 Å². The molecule has 16 heavy (non-hydrogen) atoms. The van der Waals surface area contributed by atoms with Gasteiger partial charge in [0.25, 0.3) is 5.56 Å². The number of fused-ring (bicyclic) bond motifs is 1. The molecule has 0 bridgehead atoms. The van der Waals surface area contributed by atoms with Gasteiger partial charge in [0.1, 0.15) is 0 Å². The molecule has 0 fully saturated rings. The lowest BCUT2D eigenvalue weighted by Crippen LogP contribution is -2.14. The number of imidazole rings is 1. The van der Waals surface area contributed by atoms with Gasteiger partial charge in [0.2, 0.25) is 5.95 Å². The molecule has 0 aliphatic heterocycles. The van der Waals surface area contributed by atoms with Crippen molar-refractivity contribution in [1.29, 1.82) is 0 Å². The summed E-state index contributed by atoms with van der Waals surface area (Å²) in [5.74, 6) is 0.685. The summed E-state index contributed by atoms with van der Waals surface area (Å²) in [4.78, 5) is 22.2. The van der Waals surface area contributed by atoms with E-state index in [1.54, 1.807) is 6.33 Å². The number of hydrogen-bond acceptors (Lipinski definition) is 4. The third-order valence-electron chi connectivity index (χ3n) is 2.45. The van der Waals surface area contributed by atoms with Crippen LogP contribution in [0.4, 0.5) is 5.95 Å². The summed E-state index contributed by atoms with van der Waals surface area (Å²) in [5.41, 5.74) is 6.11. The number of anilines is 1. The van der Waals surface area contributed by atoms with Crippen molar-refractivity contribution < 1.29 is 0 Å². The van der Waals surface area contributed by atoms with Crippen LogP contribution in [0.2, 0.25) is 0 Å². The average molecular weight is 221 g/mol. The Balaban J connectivity index is 2.44. The maximum Gasteiger partial charge on any atom is 0.278 e. The van der Waals surface area contributed by atoms with Gasteiger partial charge in [-0.1, -0.05) is 13.8 Å². The SMILES string of the molecule is CC(C)CCn1cnc2nc(N)[nH]c(=O)c21. The summed E-state index contributed by atoms with van der Waals surface area (Å²) in [6.07, 6.45) is 2.63. The van der Waals surface area contributed by atoms with Crippen LogP contribution in [0.1, 0.15) is 20.3 Å². The fraction of sp³-hybridized carbons (Fsp3) is 0.500. The molecule has 6 heteroatoms. The molecule has 86 valence electrons. The van der Waals surface area contributed by atoms with Crippen LogP contribution in [0.15, 0.2) is 11.1 Å². The Bertz CT molecular complexity index is 554. The fourth-order valence-electron chi connectivity index (χ4n) is 1.57. The molecular formula is C10H15N5O. The number of aromatic amines is 1. The van der Waals surface area contributed by atoms with Crippen molar-refractivity contribution in [1.82, 2.24) is 19.5 Å². The second-order valence-corrected chi connectivity index (χ2v) is 4.24. The summed E-state index contributed by atoms with van der Waals surface area (Å²) in [7, 11) is 0. The zero-order valence-electron chi connectivity index (χ0n) is 9.40. The predicted molar refractivity (Wildman–Crippen MR) is 62.0 cm³/mol. The smallest absolute Gasteiger partial charge is 0.278 e. The van der Waals surface area contributed by atoms with E-state index in [1.165, 1.54) is 0 Å². The Kier molecular flexibility index (Phi) is 2.64. The van der Waals surface area contributed by atoms with Crippen molar-refractivity contribution in [3.8, 4) is 0 Å². The molecule has 0 aliphatic rings. The van der Waals surface area contributed by atoms with Crippen LogP contribution in [0.5, 0.6) is 0 Å². The fourth-order valence-corrected chi connectivity index (χ4v) is 1.57. The van der Waals surface area contributed by atoms with Crippen molar-refractivity contribution in [2.75, 3.05) is 5.73 Å². The monoisotopic (exact) mass is 221 g/mol. The third kappa shape index (κ3) is 1.91. The number of hydrogen-bond donors (Lipinski definition) is 2. The molecule has 0 saturated carbocycles. The van der Waals surface area contributed by atoms with Gasteiger partial charge in [-0.15, -0.1) is 0 Å². The Labute approximate surface area is 92.5 Å². The summed E-state index contributed by atoms with van der Waals surface area (Å²) < 4.78 is 1.82. The molecule has 2 aromatic heterocycles. The van der Waals surface area contributed by atoms with Gasteiger partial charge in [-0.25, -0.2) is 4.98 Å². The molecule has 6 nitrogen and oxygen atoms in total. The van der Waals surface area contributed by atoms with E-state index >= 15 is 0 Å². The van der Waals surface area contributed by atoms with E-state index in [2.05, 4.69) is 28.8 Å². The predicted octanol–water partition coefficient (Wildman–Crippen LogP) is 0.748. The van der Waals surface area contributed by atoms with Gasteiger partial charge in [-0.3, -0.25) is 9.78 Å². The van der Waals surface area contributed by atoms with Crippen LogP contribution in [0.3, 0.4) is 0 Å². The molecule has 2 aromatic rings. The number of rotatable bonds is 3. The third-order valence-corrected chi connectivity index (χ3v) is 2.45. The van der Waals surface area contributed by atoms with Gasteiger partial charge >= 0.3 is 0 Å². The largest absolute Gasteiger partial charge is 0.369 e. The van der Waals surface area contributed by atoms with Crippen LogP contribution in [0, 0.1) is 5.92 Å². The molecule has 0 unspecified atom stereocenters. The van der Waals surface area contributed by atoms with Crippen LogP contribution in [-0.4, -0.2) is 19.5 Å². The van der Waals surface area contributed by atoms with Crippen LogP contribution < -0.4 is 11.3 Å². The van der Waals surface area contributed by atoms with Crippen molar-refractivity contribution >= 4 is 17.1 Å². The standard InChI is InChI=1S/C10H15N5O/c1-6(2)3-4-15-5-12-8-7(15)9(16)14-10(11)13-8/h5-6H,3-4H2,1-2H3,(H3,11,13,14,16). The number of aryl methyl sites for hydroxylation is 1. The number of nitrogens with one attached hydrogen (secondary N) is 1. The van der Waals surface area contributed by atoms with Crippen LogP contribution in [-0.2, 0) is 6.54 Å². The summed E-state index contributed by atoms with van der Waals surface area (Å²) in [6.45, 7) is 5.04. The lowest BCUT2D eigenvalue weighted by molar-refractivity contribution is 0.522. The molecule has 2 heterocycles. The first-order valence-electron chi connectivity index (χ1n) is 5.28. The van der Waals surface area contributed by atoms with E-state index in [0.717, 1.165) is 13.0 Å². The molecule has 0 atom stereocenters. The molecule has 0 saturated heterocycles. The first-order valence-corrected chi connectivity index (χ1v) is 5.28. The highest BCUT2D eigenvalue weighted by atomic mass is 16.1. The molecule has 3 N–H and O–H groups in total. The lowest BCUT2D eigenvalue weighted by atomic mass is 10.1. The van der Waals surface area contributed by atoms with Gasteiger partial charge in [0.05, 0.1) is 6.33 Å². The highest BCUT2D eigenvalue weighted by molar-refractivity contribution is 5.70. The van der Waals surface area contributed by atoms with Crippen molar-refractivity contribution in [2.24, 2.45) is 5.92 Å². The van der Waals surface area contributed by atoms with Crippen molar-refractivity contribution in [3.05, 3.63) is 16.7 Å². The van der Waals surface area contributed by atoms with E-state index in [9.17, 15) is 4.79 Å². The molecule has 0 aromatic carbocycles. The van der Waals surface area contributed by atoms with E-state index < -0.39 is 0 Å². The number of nitrogens with two attached hydrogens (primary N) is 1. The Morgan fingerprint density at radius 3 is 3.00 bits per heavy atom. The Hall–Kier alpha value is -1.85. The molecule has 0 spiro atoms. The first-order chi connectivity index (χ1) is 7.58. The minimum absolute atomic E-state index is 0.103. The maximum absolute atomic E-state index is 11.7. The number of nitrogens with zero attached hydrogens (tertiary/aromatic N) is 3. The van der Waals surface area contributed by atoms with Gasteiger partial charge in [-0.05, 0) is 12.3 Å². The van der Waals surface area contributed by atoms with Gasteiger partial charge < -0.3 is 10.3 Å². The minimum Gasteiger partial charge on any atom is -0.369 e. The first kappa shape index (κ1) is 10.7. The van der Waals surface area contributed by atoms with Gasteiger partial charge in [-0.2, -0.15) is 4.98 Å². The van der Waals surface area contributed by atoms with E-state index in [1.807, 2.05) is 4.57 Å². The van der Waals surface area contributed by atoms with Gasteiger partial charge in [0.15, 0.2) is 11.2 Å². The quantitative estimate of drug-likeness (QED) is 0.800. The molecule has 0 amide bonds. The lowest BCUT2D eigenvalue weighted by Gasteiger charge is -2.05. The number of aromatic nitrogens is 4. The maximum atomic E-state index is 11.7. The zero-order chi connectivity index (χ0) is 11.7. The second kappa shape index (κ2) is 3.96. The average Bonchev–Trinajstić information content (AvgIpc) is 2.57. The Morgan fingerprint density at radius 2 is 2.31 bits per heavy atom. The van der Waals surface area contributed by atoms with E-state index in [-0.39, 0.29) is 11.5 Å². The highest BCUT2D eigenvalue weighted by Crippen LogP contribution is 2.09. The molecule has 0 radical (unpaired) electrons. The second-order valence-electron chi connectivity index (χ2n) is 4.24. The molecular weight excluding hydrogens is 206 g/mol. The van der Waals surface area contributed by atoms with Crippen molar-refractivity contribution in [3.63, 3.8) is 0 Å². The Morgan fingerprint density at radius 1 is 1.56 bits per heavy atom. The van der Waals surface area contributed by atoms with E-state index in [4.69, 9.17) is 5.73 Å². The van der Waals surface area contributed by atoms with Crippen LogP contribution >= 0.6 is 0 Å². The molecule has 2 rings (SSSR count). The summed E-state index contributed by atoms with van der Waals surface area (Å²) >= 11 is 0. The number of nitrogen functional groups attached to an aromatic ring is 1. The summed E-state index contributed by atoms with van der Waals surface area (Å²) in [5, 5.41) is 0. The van der Waals surface area contributed by atoms with Crippen molar-refractivity contribution in [2.45, 2.75) is 26.8 Å². The van der Waals surface area contributed by atoms with E-state index in [0.29, 0.717) is 17.1 Å². The summed E-state index contributed by atoms with van der Waals surface area (Å²) in [6, 6.07) is 0. The topological polar surface area (TPSA) is 89.6 Å². The van der Waals surface area contributed by atoms with Crippen LogP contribution in [0.25, 0.3) is 11.2 Å².